The summed E-state index contributed by atoms with van der Waals surface area (Å²) in [7, 11) is -3.73. The number of pyridine rings is 1. The van der Waals surface area contributed by atoms with E-state index < -0.39 is 15.4 Å². The Morgan fingerprint density at radius 2 is 1.97 bits per heavy atom. The van der Waals surface area contributed by atoms with E-state index in [0.717, 1.165) is 0 Å². The number of nitrogen functional groups attached to an aromatic ring is 1. The number of nitrogens with two attached hydrogens (primary N) is 1. The molecule has 5 rings (SSSR count). The summed E-state index contributed by atoms with van der Waals surface area (Å²) in [5, 5.41) is 4.67. The zero-order valence-electron chi connectivity index (χ0n) is 16.1. The lowest BCUT2D eigenvalue weighted by Gasteiger charge is -2.08. The average Bonchev–Trinajstić information content (AvgIpc) is 3.55. The summed E-state index contributed by atoms with van der Waals surface area (Å²) in [6, 6.07) is 9.96. The zero-order chi connectivity index (χ0) is 21.6. The first-order valence-corrected chi connectivity index (χ1v) is 11.0. The van der Waals surface area contributed by atoms with Crippen molar-refractivity contribution in [3.05, 3.63) is 60.2 Å². The van der Waals surface area contributed by atoms with Crippen molar-refractivity contribution >= 4 is 27.0 Å². The molecule has 0 aliphatic heterocycles. The Morgan fingerprint density at radius 3 is 2.71 bits per heavy atom. The molecule has 9 nitrogen and oxygen atoms in total. The van der Waals surface area contributed by atoms with Gasteiger partial charge in [-0.2, -0.15) is 13.5 Å². The van der Waals surface area contributed by atoms with Crippen molar-refractivity contribution in [3.63, 3.8) is 0 Å². The van der Waals surface area contributed by atoms with Gasteiger partial charge in [-0.15, -0.1) is 0 Å². The minimum atomic E-state index is -3.73. The first-order valence-electron chi connectivity index (χ1n) is 9.53. The summed E-state index contributed by atoms with van der Waals surface area (Å²) in [6.45, 7) is 0.163. The predicted molar refractivity (Wildman–Crippen MR) is 111 cm³/mol. The van der Waals surface area contributed by atoms with Gasteiger partial charge in [-0.05, 0) is 31.0 Å². The van der Waals surface area contributed by atoms with E-state index in [4.69, 9.17) is 9.92 Å². The van der Waals surface area contributed by atoms with Crippen LogP contribution in [0.3, 0.4) is 0 Å². The van der Waals surface area contributed by atoms with Crippen LogP contribution in [-0.4, -0.2) is 38.4 Å². The molecular formula is C20H17FN6O3S. The number of halogens is 1. The fourth-order valence-electron chi connectivity index (χ4n) is 3.18. The lowest BCUT2D eigenvalue weighted by atomic mass is 10.2. The van der Waals surface area contributed by atoms with Crippen molar-refractivity contribution in [3.8, 4) is 17.3 Å². The van der Waals surface area contributed by atoms with Gasteiger partial charge in [-0.3, -0.25) is 0 Å². The van der Waals surface area contributed by atoms with Crippen LogP contribution >= 0.6 is 0 Å². The van der Waals surface area contributed by atoms with E-state index >= 15 is 0 Å². The van der Waals surface area contributed by atoms with Crippen LogP contribution in [0.4, 0.5) is 10.2 Å². The normalized spacial score (nSPS) is 14.1. The van der Waals surface area contributed by atoms with Gasteiger partial charge in [0.2, 0.25) is 5.75 Å². The predicted octanol–water partition coefficient (Wildman–Crippen LogP) is 2.53. The van der Waals surface area contributed by atoms with E-state index in [-0.39, 0.29) is 29.8 Å². The quantitative estimate of drug-likeness (QED) is 0.453. The summed E-state index contributed by atoms with van der Waals surface area (Å²) < 4.78 is 44.9. The third kappa shape index (κ3) is 3.67. The average molecular weight is 440 g/mol. The molecule has 3 heterocycles. The second-order valence-electron chi connectivity index (χ2n) is 7.19. The molecule has 158 valence electrons. The van der Waals surface area contributed by atoms with Gasteiger partial charge in [0.15, 0.2) is 17.3 Å². The molecule has 0 saturated heterocycles. The second kappa shape index (κ2) is 7.27. The number of anilines is 1. The molecule has 11 heteroatoms. The monoisotopic (exact) mass is 440 g/mol. The minimum absolute atomic E-state index is 0.116. The van der Waals surface area contributed by atoms with E-state index in [0.29, 0.717) is 35.1 Å². The molecule has 0 unspecified atom stereocenters. The van der Waals surface area contributed by atoms with Crippen molar-refractivity contribution in [2.24, 2.45) is 0 Å². The summed E-state index contributed by atoms with van der Waals surface area (Å²) in [6.07, 6.45) is 3.97. The Labute approximate surface area is 176 Å². The highest BCUT2D eigenvalue weighted by atomic mass is 32.2. The molecule has 2 N–H and O–H groups in total. The molecule has 0 amide bonds. The minimum Gasteiger partial charge on any atom is -0.380 e. The van der Waals surface area contributed by atoms with Gasteiger partial charge in [0.25, 0.3) is 0 Å². The van der Waals surface area contributed by atoms with Crippen molar-refractivity contribution in [2.75, 3.05) is 5.73 Å². The molecule has 3 aromatic heterocycles. The van der Waals surface area contributed by atoms with E-state index in [1.807, 2.05) is 0 Å². The molecule has 0 spiro atoms. The number of benzene rings is 1. The fourth-order valence-corrected chi connectivity index (χ4v) is 4.41. The Bertz CT molecular complexity index is 1400. The maximum Gasteiger partial charge on any atom is 0.312 e. The Kier molecular flexibility index (Phi) is 4.54. The van der Waals surface area contributed by atoms with Crippen molar-refractivity contribution in [1.29, 1.82) is 0 Å². The molecule has 31 heavy (non-hydrogen) atoms. The first-order chi connectivity index (χ1) is 14.9. The highest BCUT2D eigenvalue weighted by molar-refractivity contribution is 7.88. The van der Waals surface area contributed by atoms with Gasteiger partial charge >= 0.3 is 10.1 Å². The molecule has 0 radical (unpaired) electrons. The lowest BCUT2D eigenvalue weighted by molar-refractivity contribution is 0.483. The third-order valence-corrected chi connectivity index (χ3v) is 6.62. The van der Waals surface area contributed by atoms with Crippen molar-refractivity contribution < 1.29 is 17.0 Å². The van der Waals surface area contributed by atoms with E-state index in [9.17, 15) is 12.8 Å². The molecule has 0 atom stereocenters. The van der Waals surface area contributed by atoms with Crippen LogP contribution in [-0.2, 0) is 16.7 Å². The first kappa shape index (κ1) is 19.4. The molecule has 4 aromatic rings. The van der Waals surface area contributed by atoms with Crippen LogP contribution in [0.5, 0.6) is 5.75 Å². The summed E-state index contributed by atoms with van der Waals surface area (Å²) in [5.74, 6) is -0.403. The summed E-state index contributed by atoms with van der Waals surface area (Å²) >= 11 is 0. The van der Waals surface area contributed by atoms with Crippen LogP contribution in [0.15, 0.2) is 48.8 Å². The van der Waals surface area contributed by atoms with Crippen LogP contribution in [0.1, 0.15) is 18.4 Å². The Morgan fingerprint density at radius 1 is 1.16 bits per heavy atom. The second-order valence-corrected chi connectivity index (χ2v) is 9.01. The Hall–Kier alpha value is -3.60. The number of rotatable bonds is 6. The molecule has 0 bridgehead atoms. The van der Waals surface area contributed by atoms with Crippen LogP contribution in [0.2, 0.25) is 0 Å². The van der Waals surface area contributed by atoms with Crippen LogP contribution in [0, 0.1) is 5.82 Å². The van der Waals surface area contributed by atoms with Gasteiger partial charge in [-0.25, -0.2) is 24.0 Å². The van der Waals surface area contributed by atoms with Gasteiger partial charge in [0, 0.05) is 11.8 Å². The number of aromatic nitrogens is 5. The summed E-state index contributed by atoms with van der Waals surface area (Å²) in [5.41, 5.74) is 7.32. The van der Waals surface area contributed by atoms with Crippen molar-refractivity contribution in [1.82, 2.24) is 24.7 Å². The molecular weight excluding hydrogens is 423 g/mol. The van der Waals surface area contributed by atoms with E-state index in [1.165, 1.54) is 12.3 Å². The van der Waals surface area contributed by atoms with Gasteiger partial charge in [-0.1, -0.05) is 18.2 Å². The van der Waals surface area contributed by atoms with Gasteiger partial charge in [0.05, 0.1) is 23.4 Å². The molecule has 1 saturated carbocycles. The molecule has 1 aliphatic carbocycles. The van der Waals surface area contributed by atoms with E-state index in [1.54, 1.807) is 41.2 Å². The largest absolute Gasteiger partial charge is 0.380 e. The van der Waals surface area contributed by atoms with E-state index in [2.05, 4.69) is 20.1 Å². The highest BCUT2D eigenvalue weighted by Gasteiger charge is 2.38. The Balaban J connectivity index is 1.53. The zero-order valence-corrected chi connectivity index (χ0v) is 17.0. The highest BCUT2D eigenvalue weighted by Crippen LogP contribution is 2.33. The smallest absolute Gasteiger partial charge is 0.312 e. The molecule has 1 aliphatic rings. The SMILES string of the molecule is Nc1nc(-c2nn(Cc3ccccc3F)c3ncccc23)ncc1OS(=O)(=O)C1CC1. The fraction of sp³-hybridized carbons (Fsp3) is 0.200. The summed E-state index contributed by atoms with van der Waals surface area (Å²) in [4.78, 5) is 12.8. The lowest BCUT2D eigenvalue weighted by Crippen LogP contribution is -2.16. The molecule has 1 fully saturated rings. The molecule has 1 aromatic carbocycles. The topological polar surface area (TPSA) is 126 Å². The van der Waals surface area contributed by atoms with Crippen LogP contribution in [0.25, 0.3) is 22.6 Å². The van der Waals surface area contributed by atoms with Crippen molar-refractivity contribution in [2.45, 2.75) is 24.6 Å². The van der Waals surface area contributed by atoms with Crippen LogP contribution < -0.4 is 9.92 Å². The number of fused-ring (bicyclic) bond motifs is 1. The maximum absolute atomic E-state index is 14.1. The number of hydrogen-bond acceptors (Lipinski definition) is 8. The maximum atomic E-state index is 14.1. The number of nitrogens with zero attached hydrogens (tertiary/aromatic N) is 5. The third-order valence-electron chi connectivity index (χ3n) is 4.92. The number of hydrogen-bond donors (Lipinski definition) is 1. The van der Waals surface area contributed by atoms with Gasteiger partial charge in [0.1, 0.15) is 11.5 Å². The standard InChI is InChI=1S/C20H17FN6O3S/c21-15-6-2-1-4-12(15)11-27-20-14(5-3-9-23-20)17(26-27)19-24-10-16(18(22)25-19)30-31(28,29)13-7-8-13/h1-6,9-10,13H,7-8,11H2,(H2,22,24,25). The van der Waals surface area contributed by atoms with Gasteiger partial charge < -0.3 is 9.92 Å².